The summed E-state index contributed by atoms with van der Waals surface area (Å²) in [5.41, 5.74) is 0.370. The molecule has 120 valence electrons. The van der Waals surface area contributed by atoms with Crippen molar-refractivity contribution in [3.63, 3.8) is 0 Å². The van der Waals surface area contributed by atoms with Gasteiger partial charge in [0, 0.05) is 16.7 Å². The zero-order valence-electron chi connectivity index (χ0n) is 11.9. The Hall–Kier alpha value is -1.67. The number of hydrogen-bond acceptors (Lipinski definition) is 2. The van der Waals surface area contributed by atoms with E-state index in [4.69, 9.17) is 11.6 Å². The van der Waals surface area contributed by atoms with Gasteiger partial charge in [0.1, 0.15) is 5.82 Å². The van der Waals surface area contributed by atoms with Crippen LogP contribution in [0.2, 0.25) is 5.02 Å². The lowest BCUT2D eigenvalue weighted by Gasteiger charge is -2.09. The summed E-state index contributed by atoms with van der Waals surface area (Å²) in [4.78, 5) is 23.9. The maximum Gasteiger partial charge on any atom is 0.255 e. The molecule has 0 heterocycles. The van der Waals surface area contributed by atoms with E-state index >= 15 is 0 Å². The van der Waals surface area contributed by atoms with Crippen molar-refractivity contribution < 1.29 is 14.0 Å². The van der Waals surface area contributed by atoms with Gasteiger partial charge in [-0.25, -0.2) is 4.39 Å². The molecule has 0 aliphatic rings. The van der Waals surface area contributed by atoms with Gasteiger partial charge in [-0.2, -0.15) is 0 Å². The fourth-order valence-corrected chi connectivity index (χ4v) is 2.78. The molecule has 0 bridgehead atoms. The lowest BCUT2D eigenvalue weighted by atomic mass is 10.2. The SMILES string of the molecule is O=C(NCCNC(=O)c1c(F)cccc1Cl)c1ccccc1I. The van der Waals surface area contributed by atoms with Gasteiger partial charge in [0.2, 0.25) is 0 Å². The monoisotopic (exact) mass is 446 g/mol. The van der Waals surface area contributed by atoms with Crippen molar-refractivity contribution in [3.8, 4) is 0 Å². The molecule has 2 aromatic carbocycles. The van der Waals surface area contributed by atoms with Crippen molar-refractivity contribution in [2.75, 3.05) is 13.1 Å². The van der Waals surface area contributed by atoms with Crippen molar-refractivity contribution in [2.24, 2.45) is 0 Å². The smallest absolute Gasteiger partial charge is 0.255 e. The summed E-state index contributed by atoms with van der Waals surface area (Å²) < 4.78 is 14.4. The van der Waals surface area contributed by atoms with Crippen molar-refractivity contribution >= 4 is 46.0 Å². The number of nitrogens with one attached hydrogen (secondary N) is 2. The Morgan fingerprint density at radius 2 is 1.65 bits per heavy atom. The number of amides is 2. The molecule has 0 aliphatic carbocycles. The second-order valence-electron chi connectivity index (χ2n) is 4.59. The lowest BCUT2D eigenvalue weighted by molar-refractivity contribution is 0.0925. The average Bonchev–Trinajstić information content (AvgIpc) is 2.51. The Labute approximate surface area is 151 Å². The molecule has 0 radical (unpaired) electrons. The first-order chi connectivity index (χ1) is 11.0. The van der Waals surface area contributed by atoms with Gasteiger partial charge in [-0.1, -0.05) is 29.8 Å². The molecule has 2 aromatic rings. The highest BCUT2D eigenvalue weighted by atomic mass is 127. The second-order valence-corrected chi connectivity index (χ2v) is 6.16. The van der Waals surface area contributed by atoms with Crippen LogP contribution in [0.3, 0.4) is 0 Å². The van der Waals surface area contributed by atoms with E-state index in [9.17, 15) is 14.0 Å². The van der Waals surface area contributed by atoms with Gasteiger partial charge in [-0.05, 0) is 46.9 Å². The van der Waals surface area contributed by atoms with Crippen LogP contribution in [0.5, 0.6) is 0 Å². The van der Waals surface area contributed by atoms with Crippen molar-refractivity contribution in [1.29, 1.82) is 0 Å². The first kappa shape index (κ1) is 17.7. The molecule has 2 rings (SSSR count). The van der Waals surface area contributed by atoms with Gasteiger partial charge < -0.3 is 10.6 Å². The zero-order valence-corrected chi connectivity index (χ0v) is 14.8. The third kappa shape index (κ3) is 4.65. The number of carbonyl (C=O) groups is 2. The second kappa shape index (κ2) is 8.26. The van der Waals surface area contributed by atoms with E-state index in [2.05, 4.69) is 33.2 Å². The van der Waals surface area contributed by atoms with E-state index in [1.807, 2.05) is 12.1 Å². The van der Waals surface area contributed by atoms with Crippen molar-refractivity contribution in [2.45, 2.75) is 0 Å². The quantitative estimate of drug-likeness (QED) is 0.547. The highest BCUT2D eigenvalue weighted by Crippen LogP contribution is 2.18. The van der Waals surface area contributed by atoms with Gasteiger partial charge in [0.05, 0.1) is 16.1 Å². The molecule has 23 heavy (non-hydrogen) atoms. The number of hydrogen-bond donors (Lipinski definition) is 2. The molecule has 0 saturated carbocycles. The molecule has 4 nitrogen and oxygen atoms in total. The first-order valence-electron chi connectivity index (χ1n) is 6.75. The highest BCUT2D eigenvalue weighted by Gasteiger charge is 2.15. The third-order valence-electron chi connectivity index (χ3n) is 3.00. The van der Waals surface area contributed by atoms with Crippen LogP contribution < -0.4 is 10.6 Å². The Morgan fingerprint density at radius 3 is 2.30 bits per heavy atom. The molecule has 2 N–H and O–H groups in total. The van der Waals surface area contributed by atoms with E-state index in [-0.39, 0.29) is 29.6 Å². The minimum atomic E-state index is -0.683. The van der Waals surface area contributed by atoms with Crippen LogP contribution in [0.1, 0.15) is 20.7 Å². The van der Waals surface area contributed by atoms with Gasteiger partial charge in [0.15, 0.2) is 0 Å². The molecule has 0 fully saturated rings. The lowest BCUT2D eigenvalue weighted by Crippen LogP contribution is -2.35. The molecule has 0 aliphatic heterocycles. The summed E-state index contributed by atoms with van der Waals surface area (Å²) in [6.45, 7) is 0.389. The summed E-state index contributed by atoms with van der Waals surface area (Å²) in [5, 5.41) is 5.26. The van der Waals surface area contributed by atoms with Crippen molar-refractivity contribution in [1.82, 2.24) is 10.6 Å². The number of halogens is 3. The summed E-state index contributed by atoms with van der Waals surface area (Å²) in [7, 11) is 0. The highest BCUT2D eigenvalue weighted by molar-refractivity contribution is 14.1. The first-order valence-corrected chi connectivity index (χ1v) is 8.21. The standard InChI is InChI=1S/C16H13ClFIN2O2/c17-11-5-3-6-12(18)14(11)16(23)21-9-8-20-15(22)10-4-1-2-7-13(10)19/h1-7H,8-9H2,(H,20,22)(H,21,23). The minimum absolute atomic E-state index is 0.0466. The van der Waals surface area contributed by atoms with Crippen molar-refractivity contribution in [3.05, 3.63) is 68.0 Å². The molecule has 0 spiro atoms. The molecular formula is C16H13ClFIN2O2. The largest absolute Gasteiger partial charge is 0.350 e. The van der Waals surface area contributed by atoms with Crippen LogP contribution in [0, 0.1) is 9.39 Å². The summed E-state index contributed by atoms with van der Waals surface area (Å²) in [6.07, 6.45) is 0. The number of benzene rings is 2. The molecule has 0 aromatic heterocycles. The van der Waals surface area contributed by atoms with Crippen LogP contribution in [0.15, 0.2) is 42.5 Å². The van der Waals surface area contributed by atoms with E-state index < -0.39 is 11.7 Å². The molecule has 0 saturated heterocycles. The summed E-state index contributed by atoms with van der Waals surface area (Å²) in [6, 6.07) is 11.2. The predicted molar refractivity (Wildman–Crippen MR) is 95.2 cm³/mol. The van der Waals surface area contributed by atoms with Crippen LogP contribution in [0.4, 0.5) is 4.39 Å². The van der Waals surface area contributed by atoms with Crippen LogP contribution in [-0.4, -0.2) is 24.9 Å². The summed E-state index contributed by atoms with van der Waals surface area (Å²) in [5.74, 6) is -1.53. The Kier molecular flexibility index (Phi) is 6.35. The molecule has 0 unspecified atom stereocenters. The van der Waals surface area contributed by atoms with Crippen LogP contribution in [-0.2, 0) is 0 Å². The van der Waals surface area contributed by atoms with E-state index in [1.54, 1.807) is 12.1 Å². The minimum Gasteiger partial charge on any atom is -0.350 e. The fourth-order valence-electron chi connectivity index (χ4n) is 1.90. The Morgan fingerprint density at radius 1 is 1.00 bits per heavy atom. The molecule has 7 heteroatoms. The fraction of sp³-hybridized carbons (Fsp3) is 0.125. The Bertz CT molecular complexity index is 720. The van der Waals surface area contributed by atoms with Gasteiger partial charge >= 0.3 is 0 Å². The molecule has 0 atom stereocenters. The predicted octanol–water partition coefficient (Wildman–Crippen LogP) is 3.24. The van der Waals surface area contributed by atoms with Crippen LogP contribution >= 0.6 is 34.2 Å². The van der Waals surface area contributed by atoms with E-state index in [1.165, 1.54) is 18.2 Å². The number of rotatable bonds is 5. The van der Waals surface area contributed by atoms with Crippen LogP contribution in [0.25, 0.3) is 0 Å². The Balaban J connectivity index is 1.85. The van der Waals surface area contributed by atoms with E-state index in [0.29, 0.717) is 5.56 Å². The number of carbonyl (C=O) groups excluding carboxylic acids is 2. The van der Waals surface area contributed by atoms with Gasteiger partial charge in [0.25, 0.3) is 11.8 Å². The molecule has 2 amide bonds. The summed E-state index contributed by atoms with van der Waals surface area (Å²) >= 11 is 7.89. The maximum atomic E-state index is 13.6. The average molecular weight is 447 g/mol. The van der Waals surface area contributed by atoms with Gasteiger partial charge in [-0.15, -0.1) is 0 Å². The molecular weight excluding hydrogens is 434 g/mol. The van der Waals surface area contributed by atoms with Gasteiger partial charge in [-0.3, -0.25) is 9.59 Å². The zero-order chi connectivity index (χ0) is 16.8. The topological polar surface area (TPSA) is 58.2 Å². The third-order valence-corrected chi connectivity index (χ3v) is 4.26. The van der Waals surface area contributed by atoms with E-state index in [0.717, 1.165) is 3.57 Å². The maximum absolute atomic E-state index is 13.6. The normalized spacial score (nSPS) is 10.2.